The summed E-state index contributed by atoms with van der Waals surface area (Å²) in [6.45, 7) is 3.06. The molecule has 2 aromatic rings. The Morgan fingerprint density at radius 3 is 3.00 bits per heavy atom. The summed E-state index contributed by atoms with van der Waals surface area (Å²) in [6, 6.07) is 9.14. The lowest BCUT2D eigenvalue weighted by molar-refractivity contribution is 0.558. The summed E-state index contributed by atoms with van der Waals surface area (Å²) in [5.74, 6) is 0. The molecule has 0 radical (unpaired) electrons. The predicted octanol–water partition coefficient (Wildman–Crippen LogP) is 2.46. The second-order valence-electron chi connectivity index (χ2n) is 4.68. The van der Waals surface area contributed by atoms with Crippen molar-refractivity contribution >= 4 is 22.2 Å². The number of aromatic nitrogens is 2. The van der Waals surface area contributed by atoms with Crippen molar-refractivity contribution in [1.29, 1.82) is 0 Å². The number of rotatable bonds is 2. The van der Waals surface area contributed by atoms with E-state index in [-0.39, 0.29) is 0 Å². The van der Waals surface area contributed by atoms with E-state index in [1.807, 2.05) is 0 Å². The van der Waals surface area contributed by atoms with Crippen LogP contribution in [0.3, 0.4) is 0 Å². The maximum atomic E-state index is 5.64. The number of nitrogens with zero attached hydrogens (tertiary/aromatic N) is 3. The molecule has 0 spiro atoms. The molecule has 18 heavy (non-hydrogen) atoms. The smallest absolute Gasteiger partial charge is 0.203 e. The second-order valence-corrected chi connectivity index (χ2v) is 5.77. The molecule has 1 aromatic carbocycles. The number of hydrogen-bond acceptors (Lipinski definition) is 5. The molecule has 5 heteroatoms. The largest absolute Gasteiger partial charge is 0.374 e. The van der Waals surface area contributed by atoms with Gasteiger partial charge in [0.15, 0.2) is 0 Å². The van der Waals surface area contributed by atoms with E-state index >= 15 is 0 Å². The monoisotopic (exact) mass is 260 g/mol. The highest BCUT2D eigenvalue weighted by atomic mass is 32.1. The summed E-state index contributed by atoms with van der Waals surface area (Å²) in [5.41, 5.74) is 8.39. The molecule has 1 aliphatic heterocycles. The van der Waals surface area contributed by atoms with Gasteiger partial charge in [-0.25, -0.2) is 0 Å². The number of hydrogen-bond donors (Lipinski definition) is 1. The average molecular weight is 260 g/mol. The molecule has 0 bridgehead atoms. The number of nitrogens with two attached hydrogens (primary N) is 1. The minimum atomic E-state index is 0.532. The van der Waals surface area contributed by atoms with E-state index in [9.17, 15) is 0 Å². The summed E-state index contributed by atoms with van der Waals surface area (Å²) >= 11 is 1.47. The highest BCUT2D eigenvalue weighted by Gasteiger charge is 2.23. The summed E-state index contributed by atoms with van der Waals surface area (Å²) in [7, 11) is 0. The highest BCUT2D eigenvalue weighted by Crippen LogP contribution is 2.32. The molecule has 0 saturated heterocycles. The molecule has 1 atom stereocenters. The standard InChI is InChI=1S/C13H16N4S/c1-9-6-7-10-4-2-3-5-11(10)17(9)8-12-15-16-13(14)18-12/h2-5,9H,6-8H2,1H3,(H2,14,16). The summed E-state index contributed by atoms with van der Waals surface area (Å²) in [4.78, 5) is 2.40. The van der Waals surface area contributed by atoms with E-state index in [0.29, 0.717) is 11.2 Å². The van der Waals surface area contributed by atoms with E-state index < -0.39 is 0 Å². The maximum Gasteiger partial charge on any atom is 0.203 e. The first-order valence-electron chi connectivity index (χ1n) is 6.16. The van der Waals surface area contributed by atoms with Crippen molar-refractivity contribution in [3.63, 3.8) is 0 Å². The van der Waals surface area contributed by atoms with E-state index in [1.54, 1.807) is 0 Å². The third-order valence-corrected chi connectivity index (χ3v) is 4.19. The van der Waals surface area contributed by atoms with Crippen LogP contribution in [0, 0.1) is 0 Å². The van der Waals surface area contributed by atoms with Crippen LogP contribution in [0.1, 0.15) is 23.9 Å². The number of fused-ring (bicyclic) bond motifs is 1. The topological polar surface area (TPSA) is 55.0 Å². The van der Waals surface area contributed by atoms with Gasteiger partial charge < -0.3 is 10.6 Å². The predicted molar refractivity (Wildman–Crippen MR) is 74.7 cm³/mol. The molecular formula is C13H16N4S. The van der Waals surface area contributed by atoms with Gasteiger partial charge in [-0.05, 0) is 31.4 Å². The first-order valence-corrected chi connectivity index (χ1v) is 6.98. The molecule has 3 rings (SSSR count). The highest BCUT2D eigenvalue weighted by molar-refractivity contribution is 7.15. The van der Waals surface area contributed by atoms with Gasteiger partial charge in [-0.2, -0.15) is 0 Å². The van der Waals surface area contributed by atoms with Gasteiger partial charge in [0.25, 0.3) is 0 Å². The molecule has 2 N–H and O–H groups in total. The molecule has 0 fully saturated rings. The Kier molecular flexibility index (Phi) is 2.91. The van der Waals surface area contributed by atoms with E-state index in [1.165, 1.54) is 29.0 Å². The van der Waals surface area contributed by atoms with Crippen LogP contribution in [-0.2, 0) is 13.0 Å². The number of benzene rings is 1. The Morgan fingerprint density at radius 2 is 2.22 bits per heavy atom. The Labute approximate surface area is 110 Å². The van der Waals surface area contributed by atoms with Crippen LogP contribution in [0.2, 0.25) is 0 Å². The SMILES string of the molecule is CC1CCc2ccccc2N1Cc1nnc(N)s1. The molecule has 0 saturated carbocycles. The molecule has 0 amide bonds. The Morgan fingerprint density at radius 1 is 1.39 bits per heavy atom. The normalized spacial score (nSPS) is 18.7. The lowest BCUT2D eigenvalue weighted by atomic mass is 9.97. The number of aryl methyl sites for hydroxylation is 1. The zero-order valence-corrected chi connectivity index (χ0v) is 11.2. The lowest BCUT2D eigenvalue weighted by Crippen LogP contribution is -2.36. The van der Waals surface area contributed by atoms with Crippen molar-refractivity contribution < 1.29 is 0 Å². The van der Waals surface area contributed by atoms with Gasteiger partial charge in [0.1, 0.15) is 5.01 Å². The third kappa shape index (κ3) is 2.06. The third-order valence-electron chi connectivity index (χ3n) is 3.45. The van der Waals surface area contributed by atoms with E-state index in [4.69, 9.17) is 5.73 Å². The second kappa shape index (κ2) is 4.57. The zero-order valence-electron chi connectivity index (χ0n) is 10.3. The number of anilines is 2. The van der Waals surface area contributed by atoms with E-state index in [0.717, 1.165) is 18.0 Å². The Hall–Kier alpha value is -1.62. The van der Waals surface area contributed by atoms with Gasteiger partial charge in [-0.15, -0.1) is 10.2 Å². The fourth-order valence-corrected chi connectivity index (χ4v) is 3.09. The van der Waals surface area contributed by atoms with Gasteiger partial charge in [-0.1, -0.05) is 29.5 Å². The molecule has 1 aromatic heterocycles. The van der Waals surface area contributed by atoms with Crippen molar-refractivity contribution in [1.82, 2.24) is 10.2 Å². The maximum absolute atomic E-state index is 5.64. The Bertz CT molecular complexity index is 551. The van der Waals surface area contributed by atoms with Gasteiger partial charge in [0.2, 0.25) is 5.13 Å². The molecule has 94 valence electrons. The average Bonchev–Trinajstić information content (AvgIpc) is 2.79. The molecule has 2 heterocycles. The van der Waals surface area contributed by atoms with Crippen LogP contribution in [-0.4, -0.2) is 16.2 Å². The van der Waals surface area contributed by atoms with Crippen molar-refractivity contribution in [2.45, 2.75) is 32.4 Å². The van der Waals surface area contributed by atoms with Gasteiger partial charge in [0, 0.05) is 11.7 Å². The quantitative estimate of drug-likeness (QED) is 0.901. The van der Waals surface area contributed by atoms with Crippen LogP contribution in [0.4, 0.5) is 10.8 Å². The number of nitrogen functional groups attached to an aromatic ring is 1. The molecule has 0 aliphatic carbocycles. The van der Waals surface area contributed by atoms with Crippen molar-refractivity contribution in [2.75, 3.05) is 10.6 Å². The Balaban J connectivity index is 1.91. The van der Waals surface area contributed by atoms with Crippen LogP contribution < -0.4 is 10.6 Å². The minimum Gasteiger partial charge on any atom is -0.374 e. The molecular weight excluding hydrogens is 244 g/mol. The summed E-state index contributed by atoms with van der Waals surface area (Å²) in [5, 5.41) is 9.53. The van der Waals surface area contributed by atoms with Crippen LogP contribution in [0.15, 0.2) is 24.3 Å². The van der Waals surface area contributed by atoms with Gasteiger partial charge in [-0.3, -0.25) is 0 Å². The molecule has 4 nitrogen and oxygen atoms in total. The summed E-state index contributed by atoms with van der Waals surface area (Å²) in [6.07, 6.45) is 2.34. The van der Waals surface area contributed by atoms with Crippen molar-refractivity contribution in [2.24, 2.45) is 0 Å². The zero-order chi connectivity index (χ0) is 12.5. The minimum absolute atomic E-state index is 0.532. The molecule has 1 unspecified atom stereocenters. The first kappa shape index (κ1) is 11.5. The fraction of sp³-hybridized carbons (Fsp3) is 0.385. The van der Waals surface area contributed by atoms with Crippen LogP contribution in [0.5, 0.6) is 0 Å². The molecule has 1 aliphatic rings. The van der Waals surface area contributed by atoms with Gasteiger partial charge in [0.05, 0.1) is 6.54 Å². The summed E-state index contributed by atoms with van der Waals surface area (Å²) < 4.78 is 0. The van der Waals surface area contributed by atoms with Crippen LogP contribution >= 0.6 is 11.3 Å². The first-order chi connectivity index (χ1) is 8.74. The van der Waals surface area contributed by atoms with Crippen molar-refractivity contribution in [3.8, 4) is 0 Å². The van der Waals surface area contributed by atoms with Gasteiger partial charge >= 0.3 is 0 Å². The van der Waals surface area contributed by atoms with Crippen molar-refractivity contribution in [3.05, 3.63) is 34.8 Å². The lowest BCUT2D eigenvalue weighted by Gasteiger charge is -2.36. The number of para-hydroxylation sites is 1. The van der Waals surface area contributed by atoms with E-state index in [2.05, 4.69) is 46.3 Å². The van der Waals surface area contributed by atoms with Crippen LogP contribution in [0.25, 0.3) is 0 Å². The fourth-order valence-electron chi connectivity index (χ4n) is 2.48.